The molecule has 0 radical (unpaired) electrons. The zero-order valence-electron chi connectivity index (χ0n) is 8.81. The molecule has 0 saturated heterocycles. The van der Waals surface area contributed by atoms with Crippen LogP contribution in [0.1, 0.15) is 46.0 Å². The summed E-state index contributed by atoms with van der Waals surface area (Å²) in [6, 6.07) is 0. The summed E-state index contributed by atoms with van der Waals surface area (Å²) in [5, 5.41) is 0. The largest absolute Gasteiger partial charge is 0.369 e. The van der Waals surface area contributed by atoms with Crippen molar-refractivity contribution in [3.8, 4) is 0 Å². The first-order valence-corrected chi connectivity index (χ1v) is 5.57. The van der Waals surface area contributed by atoms with Crippen molar-refractivity contribution in [2.24, 2.45) is 5.92 Å². The minimum Gasteiger partial charge on any atom is -0.369 e. The van der Waals surface area contributed by atoms with Crippen molar-refractivity contribution < 1.29 is 4.74 Å². The van der Waals surface area contributed by atoms with Crippen LogP contribution in [-0.2, 0) is 4.74 Å². The van der Waals surface area contributed by atoms with Gasteiger partial charge in [0.05, 0.1) is 12.7 Å². The second-order valence-corrected chi connectivity index (χ2v) is 4.59. The van der Waals surface area contributed by atoms with Crippen LogP contribution >= 0.6 is 0 Å². The minimum atomic E-state index is 0.472. The van der Waals surface area contributed by atoms with Crippen molar-refractivity contribution in [3.05, 3.63) is 11.1 Å². The van der Waals surface area contributed by atoms with Crippen LogP contribution in [0.25, 0.3) is 0 Å². The summed E-state index contributed by atoms with van der Waals surface area (Å²) in [6.07, 6.45) is 7.50. The van der Waals surface area contributed by atoms with Gasteiger partial charge in [-0.15, -0.1) is 0 Å². The maximum Gasteiger partial charge on any atom is 0.0818 e. The van der Waals surface area contributed by atoms with Gasteiger partial charge in [-0.05, 0) is 43.8 Å². The van der Waals surface area contributed by atoms with Crippen molar-refractivity contribution in [1.29, 1.82) is 0 Å². The summed E-state index contributed by atoms with van der Waals surface area (Å²) in [7, 11) is 0. The van der Waals surface area contributed by atoms with Crippen molar-refractivity contribution >= 4 is 0 Å². The lowest BCUT2D eigenvalue weighted by Crippen LogP contribution is -2.24. The lowest BCUT2D eigenvalue weighted by molar-refractivity contribution is 0.0573. The number of rotatable bonds is 1. The molecule has 1 aliphatic heterocycles. The molecule has 0 aromatic rings. The van der Waals surface area contributed by atoms with Gasteiger partial charge in [0.15, 0.2) is 0 Å². The van der Waals surface area contributed by atoms with Gasteiger partial charge in [-0.1, -0.05) is 19.3 Å². The van der Waals surface area contributed by atoms with E-state index in [-0.39, 0.29) is 0 Å². The Labute approximate surface area is 81.2 Å². The third-order valence-electron chi connectivity index (χ3n) is 3.66. The number of hydrogen-bond donors (Lipinski definition) is 0. The first kappa shape index (κ1) is 9.26. The van der Waals surface area contributed by atoms with Crippen LogP contribution in [0.5, 0.6) is 0 Å². The van der Waals surface area contributed by atoms with Crippen LogP contribution in [0.4, 0.5) is 0 Å². The van der Waals surface area contributed by atoms with E-state index in [2.05, 4.69) is 13.8 Å². The molecule has 0 aromatic heterocycles. The summed E-state index contributed by atoms with van der Waals surface area (Å²) in [5.74, 6) is 0.825. The molecule has 1 nitrogen and oxygen atoms in total. The average molecular weight is 180 g/mol. The van der Waals surface area contributed by atoms with E-state index in [4.69, 9.17) is 4.74 Å². The van der Waals surface area contributed by atoms with Crippen LogP contribution in [0.3, 0.4) is 0 Å². The molecule has 1 saturated carbocycles. The summed E-state index contributed by atoms with van der Waals surface area (Å²) < 4.78 is 5.84. The highest BCUT2D eigenvalue weighted by Gasteiger charge is 2.29. The van der Waals surface area contributed by atoms with E-state index in [1.54, 1.807) is 0 Å². The van der Waals surface area contributed by atoms with Gasteiger partial charge in [0.2, 0.25) is 0 Å². The molecule has 13 heavy (non-hydrogen) atoms. The van der Waals surface area contributed by atoms with Crippen molar-refractivity contribution in [2.45, 2.75) is 52.1 Å². The second kappa shape index (κ2) is 3.83. The van der Waals surface area contributed by atoms with Crippen LogP contribution in [0.2, 0.25) is 0 Å². The molecule has 1 fully saturated rings. The molecule has 1 heteroatoms. The molecular formula is C12H20O. The van der Waals surface area contributed by atoms with E-state index >= 15 is 0 Å². The molecule has 0 amide bonds. The van der Waals surface area contributed by atoms with Crippen molar-refractivity contribution in [2.75, 3.05) is 6.61 Å². The van der Waals surface area contributed by atoms with Crippen molar-refractivity contribution in [3.63, 3.8) is 0 Å². The number of ether oxygens (including phenoxy) is 1. The van der Waals surface area contributed by atoms with Gasteiger partial charge >= 0.3 is 0 Å². The van der Waals surface area contributed by atoms with Gasteiger partial charge in [0.1, 0.15) is 0 Å². The van der Waals surface area contributed by atoms with E-state index in [1.165, 1.54) is 43.3 Å². The SMILES string of the molecule is CC1=C(C)C(C2CCCCC2)OC1. The third-order valence-corrected chi connectivity index (χ3v) is 3.66. The highest BCUT2D eigenvalue weighted by Crippen LogP contribution is 2.35. The topological polar surface area (TPSA) is 9.23 Å². The van der Waals surface area contributed by atoms with E-state index < -0.39 is 0 Å². The Kier molecular flexibility index (Phi) is 2.73. The third kappa shape index (κ3) is 1.80. The Morgan fingerprint density at radius 2 is 1.77 bits per heavy atom. The maximum absolute atomic E-state index is 5.84. The molecule has 0 spiro atoms. The smallest absolute Gasteiger partial charge is 0.0818 e. The summed E-state index contributed by atoms with van der Waals surface area (Å²) in [6.45, 7) is 5.34. The molecule has 1 aliphatic carbocycles. The lowest BCUT2D eigenvalue weighted by Gasteiger charge is -2.27. The fraction of sp³-hybridized carbons (Fsp3) is 0.833. The Balaban J connectivity index is 2.00. The summed E-state index contributed by atoms with van der Waals surface area (Å²) >= 11 is 0. The molecule has 1 atom stereocenters. The normalized spacial score (nSPS) is 31.4. The maximum atomic E-state index is 5.84. The summed E-state index contributed by atoms with van der Waals surface area (Å²) in [4.78, 5) is 0. The Morgan fingerprint density at radius 1 is 1.08 bits per heavy atom. The number of hydrogen-bond acceptors (Lipinski definition) is 1. The van der Waals surface area contributed by atoms with Crippen LogP contribution in [0.15, 0.2) is 11.1 Å². The first-order chi connectivity index (χ1) is 6.29. The van der Waals surface area contributed by atoms with Crippen molar-refractivity contribution in [1.82, 2.24) is 0 Å². The molecule has 1 unspecified atom stereocenters. The predicted molar refractivity (Wildman–Crippen MR) is 54.7 cm³/mol. The average Bonchev–Trinajstić information content (AvgIpc) is 2.49. The van der Waals surface area contributed by atoms with E-state index in [0.29, 0.717) is 6.10 Å². The minimum absolute atomic E-state index is 0.472. The van der Waals surface area contributed by atoms with Crippen LogP contribution in [0, 0.1) is 5.92 Å². The molecular weight excluding hydrogens is 160 g/mol. The first-order valence-electron chi connectivity index (χ1n) is 5.57. The summed E-state index contributed by atoms with van der Waals surface area (Å²) in [5.41, 5.74) is 2.99. The molecule has 2 rings (SSSR count). The predicted octanol–water partition coefficient (Wildman–Crippen LogP) is 3.30. The van der Waals surface area contributed by atoms with Crippen LogP contribution < -0.4 is 0 Å². The van der Waals surface area contributed by atoms with Gasteiger partial charge in [-0.3, -0.25) is 0 Å². The van der Waals surface area contributed by atoms with E-state index in [0.717, 1.165) is 12.5 Å². The molecule has 0 aromatic carbocycles. The second-order valence-electron chi connectivity index (χ2n) is 4.59. The fourth-order valence-electron chi connectivity index (χ4n) is 2.62. The quantitative estimate of drug-likeness (QED) is 0.563. The standard InChI is InChI=1S/C12H20O/c1-9-8-13-12(10(9)2)11-6-4-3-5-7-11/h11-12H,3-8H2,1-2H3. The van der Waals surface area contributed by atoms with Gasteiger partial charge in [0.25, 0.3) is 0 Å². The molecule has 74 valence electrons. The molecule has 0 bridgehead atoms. The molecule has 1 heterocycles. The molecule has 0 N–H and O–H groups in total. The van der Waals surface area contributed by atoms with Gasteiger partial charge < -0.3 is 4.74 Å². The monoisotopic (exact) mass is 180 g/mol. The zero-order chi connectivity index (χ0) is 9.26. The Hall–Kier alpha value is -0.300. The fourth-order valence-corrected chi connectivity index (χ4v) is 2.62. The van der Waals surface area contributed by atoms with Gasteiger partial charge in [-0.25, -0.2) is 0 Å². The van der Waals surface area contributed by atoms with Gasteiger partial charge in [-0.2, -0.15) is 0 Å². The highest BCUT2D eigenvalue weighted by atomic mass is 16.5. The van der Waals surface area contributed by atoms with Gasteiger partial charge in [0, 0.05) is 0 Å². The Morgan fingerprint density at radius 3 is 2.31 bits per heavy atom. The zero-order valence-corrected chi connectivity index (χ0v) is 8.81. The molecule has 2 aliphatic rings. The van der Waals surface area contributed by atoms with E-state index in [1.807, 2.05) is 0 Å². The highest BCUT2D eigenvalue weighted by molar-refractivity contribution is 5.20. The lowest BCUT2D eigenvalue weighted by atomic mass is 9.83. The van der Waals surface area contributed by atoms with Crippen LogP contribution in [-0.4, -0.2) is 12.7 Å². The van der Waals surface area contributed by atoms with E-state index in [9.17, 15) is 0 Å². The Bertz CT molecular complexity index is 211.